The van der Waals surface area contributed by atoms with Crippen molar-refractivity contribution in [3.8, 4) is 5.69 Å². The first-order valence-electron chi connectivity index (χ1n) is 13.0. The van der Waals surface area contributed by atoms with Crippen molar-refractivity contribution in [1.29, 1.82) is 0 Å². The maximum absolute atomic E-state index is 5.10. The molecule has 0 saturated carbocycles. The standard InChI is InChI=1S/C33H28N4/c1-3-11-23(12-4-1)31-34-32(24-13-5-2-6-14-24)36-33(35-31)25-19-21-26(22-20-25)37-29-17-9-7-15-27(29)28-16-8-10-18-30(28)37/h1,3-5,7-22,32-33,36H,2,6H2,(H,34,35). The minimum atomic E-state index is -0.148. The summed E-state index contributed by atoms with van der Waals surface area (Å²) in [6.07, 6.45) is 8.83. The number of para-hydroxylation sites is 2. The summed E-state index contributed by atoms with van der Waals surface area (Å²) in [6, 6.07) is 36.5. The first-order chi connectivity index (χ1) is 18.3. The molecule has 180 valence electrons. The van der Waals surface area contributed by atoms with Crippen LogP contribution < -0.4 is 10.6 Å². The van der Waals surface area contributed by atoms with E-state index in [1.54, 1.807) is 0 Å². The molecule has 4 nitrogen and oxygen atoms in total. The molecule has 1 aromatic heterocycles. The summed E-state index contributed by atoms with van der Waals surface area (Å²) < 4.78 is 2.35. The summed E-state index contributed by atoms with van der Waals surface area (Å²) in [5, 5.41) is 9.90. The van der Waals surface area contributed by atoms with E-state index in [9.17, 15) is 0 Å². The van der Waals surface area contributed by atoms with Gasteiger partial charge in [-0.15, -0.1) is 0 Å². The highest BCUT2D eigenvalue weighted by Gasteiger charge is 2.26. The second-order valence-corrected chi connectivity index (χ2v) is 9.64. The molecule has 1 aliphatic heterocycles. The van der Waals surface area contributed by atoms with Crippen molar-refractivity contribution >= 4 is 27.6 Å². The number of fused-ring (bicyclic) bond motifs is 3. The van der Waals surface area contributed by atoms with E-state index in [-0.39, 0.29) is 12.3 Å². The number of aliphatic imine (C=N–C) groups is 1. The number of nitrogens with zero attached hydrogens (tertiary/aromatic N) is 2. The van der Waals surface area contributed by atoms with Gasteiger partial charge in [0.25, 0.3) is 0 Å². The molecule has 0 spiro atoms. The topological polar surface area (TPSA) is 41.4 Å². The van der Waals surface area contributed by atoms with Crippen LogP contribution in [0.2, 0.25) is 0 Å². The Morgan fingerprint density at radius 1 is 0.703 bits per heavy atom. The van der Waals surface area contributed by atoms with E-state index in [1.165, 1.54) is 27.4 Å². The Labute approximate surface area is 216 Å². The average molecular weight is 481 g/mol. The third-order valence-corrected chi connectivity index (χ3v) is 7.32. The molecule has 1 aliphatic carbocycles. The van der Waals surface area contributed by atoms with E-state index < -0.39 is 0 Å². The summed E-state index contributed by atoms with van der Waals surface area (Å²) in [5.41, 5.74) is 7.10. The Balaban J connectivity index is 1.28. The highest BCUT2D eigenvalue weighted by Crippen LogP contribution is 2.32. The first kappa shape index (κ1) is 21.8. The third kappa shape index (κ3) is 3.96. The lowest BCUT2D eigenvalue weighted by molar-refractivity contribution is 0.440. The zero-order chi connectivity index (χ0) is 24.6. The van der Waals surface area contributed by atoms with Crippen LogP contribution in [0.3, 0.4) is 0 Å². The van der Waals surface area contributed by atoms with Crippen molar-refractivity contribution in [3.63, 3.8) is 0 Å². The number of benzene rings is 4. The summed E-state index contributed by atoms with van der Waals surface area (Å²) in [4.78, 5) is 5.10. The largest absolute Gasteiger partial charge is 0.350 e. The number of hydrogen-bond acceptors (Lipinski definition) is 3. The highest BCUT2D eigenvalue weighted by molar-refractivity contribution is 6.09. The Kier molecular flexibility index (Phi) is 5.45. The van der Waals surface area contributed by atoms with Crippen LogP contribution in [0.25, 0.3) is 27.5 Å². The second-order valence-electron chi connectivity index (χ2n) is 9.64. The van der Waals surface area contributed by atoms with Gasteiger partial charge in [0, 0.05) is 22.0 Å². The van der Waals surface area contributed by atoms with Gasteiger partial charge in [0.1, 0.15) is 18.2 Å². The molecule has 2 unspecified atom stereocenters. The summed E-state index contributed by atoms with van der Waals surface area (Å²) in [6.45, 7) is 0. The van der Waals surface area contributed by atoms with Crippen molar-refractivity contribution < 1.29 is 0 Å². The molecule has 0 saturated heterocycles. The SMILES string of the molecule is C1=CC(C2NC(c3ccccc3)=NC(c3ccc(-n4c5ccccc5c5ccccc54)cc3)N2)=CCC1. The highest BCUT2D eigenvalue weighted by atomic mass is 15.3. The number of allylic oxidation sites excluding steroid dienone is 2. The Bertz CT molecular complexity index is 1620. The van der Waals surface area contributed by atoms with Gasteiger partial charge in [0.2, 0.25) is 0 Å². The van der Waals surface area contributed by atoms with Gasteiger partial charge in [0.15, 0.2) is 0 Å². The van der Waals surface area contributed by atoms with Crippen molar-refractivity contribution in [2.45, 2.75) is 25.2 Å². The fourth-order valence-corrected chi connectivity index (χ4v) is 5.50. The fourth-order valence-electron chi connectivity index (χ4n) is 5.50. The van der Waals surface area contributed by atoms with Crippen LogP contribution in [0.5, 0.6) is 0 Å². The molecule has 4 aromatic carbocycles. The van der Waals surface area contributed by atoms with Crippen LogP contribution in [0.15, 0.2) is 132 Å². The molecule has 4 heteroatoms. The van der Waals surface area contributed by atoms with Gasteiger partial charge >= 0.3 is 0 Å². The number of aromatic nitrogens is 1. The van der Waals surface area contributed by atoms with E-state index in [4.69, 9.17) is 4.99 Å². The van der Waals surface area contributed by atoms with Crippen LogP contribution in [0, 0.1) is 0 Å². The van der Waals surface area contributed by atoms with E-state index in [0.29, 0.717) is 0 Å². The molecule has 2 atom stereocenters. The van der Waals surface area contributed by atoms with Gasteiger partial charge in [-0.05, 0) is 48.2 Å². The number of amidine groups is 1. The van der Waals surface area contributed by atoms with Crippen LogP contribution in [-0.2, 0) is 0 Å². The van der Waals surface area contributed by atoms with Gasteiger partial charge in [-0.1, -0.05) is 97.1 Å². The number of nitrogens with one attached hydrogen (secondary N) is 2. The molecule has 0 amide bonds. The van der Waals surface area contributed by atoms with Gasteiger partial charge in [-0.2, -0.15) is 0 Å². The average Bonchev–Trinajstić information content (AvgIpc) is 3.32. The van der Waals surface area contributed by atoms with Crippen molar-refractivity contribution in [3.05, 3.63) is 138 Å². The first-order valence-corrected chi connectivity index (χ1v) is 13.0. The minimum absolute atomic E-state index is 0.00580. The van der Waals surface area contributed by atoms with Crippen molar-refractivity contribution in [2.75, 3.05) is 0 Å². The molecule has 2 N–H and O–H groups in total. The predicted octanol–water partition coefficient (Wildman–Crippen LogP) is 7.02. The van der Waals surface area contributed by atoms with Gasteiger partial charge in [-0.25, -0.2) is 4.99 Å². The zero-order valence-electron chi connectivity index (χ0n) is 20.5. The lowest BCUT2D eigenvalue weighted by Gasteiger charge is -2.33. The molecule has 0 bridgehead atoms. The van der Waals surface area contributed by atoms with Crippen molar-refractivity contribution in [2.24, 2.45) is 4.99 Å². The lowest BCUT2D eigenvalue weighted by atomic mass is 10.0. The van der Waals surface area contributed by atoms with Crippen LogP contribution in [-0.4, -0.2) is 16.6 Å². The van der Waals surface area contributed by atoms with Gasteiger partial charge in [0.05, 0.1) is 11.0 Å². The molecule has 2 heterocycles. The molecular weight excluding hydrogens is 452 g/mol. The number of hydrogen-bond donors (Lipinski definition) is 2. The monoisotopic (exact) mass is 480 g/mol. The summed E-state index contributed by atoms with van der Waals surface area (Å²) in [7, 11) is 0. The quantitative estimate of drug-likeness (QED) is 0.290. The number of rotatable bonds is 4. The lowest BCUT2D eigenvalue weighted by Crippen LogP contribution is -2.52. The second kappa shape index (κ2) is 9.23. The smallest absolute Gasteiger partial charge is 0.131 e. The Morgan fingerprint density at radius 3 is 2.05 bits per heavy atom. The third-order valence-electron chi connectivity index (χ3n) is 7.32. The molecular formula is C33H28N4. The van der Waals surface area contributed by atoms with Crippen LogP contribution in [0.1, 0.15) is 30.1 Å². The molecule has 7 rings (SSSR count). The maximum atomic E-state index is 5.10. The van der Waals surface area contributed by atoms with E-state index >= 15 is 0 Å². The normalized spacial score (nSPS) is 19.5. The molecule has 2 aliphatic rings. The fraction of sp³-hybridized carbons (Fsp3) is 0.121. The minimum Gasteiger partial charge on any atom is -0.350 e. The Morgan fingerprint density at radius 2 is 1.38 bits per heavy atom. The summed E-state index contributed by atoms with van der Waals surface area (Å²) >= 11 is 0. The molecule has 0 radical (unpaired) electrons. The Hall–Kier alpha value is -4.41. The maximum Gasteiger partial charge on any atom is 0.131 e. The van der Waals surface area contributed by atoms with E-state index in [2.05, 4.69) is 130 Å². The van der Waals surface area contributed by atoms with E-state index in [0.717, 1.165) is 35.5 Å². The van der Waals surface area contributed by atoms with E-state index in [1.807, 2.05) is 6.07 Å². The van der Waals surface area contributed by atoms with Gasteiger partial charge in [-0.3, -0.25) is 5.32 Å². The molecule has 5 aromatic rings. The van der Waals surface area contributed by atoms with Gasteiger partial charge < -0.3 is 9.88 Å². The predicted molar refractivity (Wildman–Crippen MR) is 153 cm³/mol. The van der Waals surface area contributed by atoms with Crippen molar-refractivity contribution in [1.82, 2.24) is 15.2 Å². The zero-order valence-corrected chi connectivity index (χ0v) is 20.5. The van der Waals surface area contributed by atoms with Crippen LogP contribution in [0.4, 0.5) is 0 Å². The molecule has 37 heavy (non-hydrogen) atoms. The van der Waals surface area contributed by atoms with Crippen LogP contribution >= 0.6 is 0 Å². The summed E-state index contributed by atoms with van der Waals surface area (Å²) in [5.74, 6) is 0.917. The molecule has 0 fully saturated rings.